The molecule has 0 amide bonds. The van der Waals surface area contributed by atoms with E-state index in [1.165, 1.54) is 21.1 Å². The molecule has 3 aliphatic rings. The topological polar surface area (TPSA) is 218 Å². The number of esters is 3. The number of ether oxygens (including phenoxy) is 9. The largest absolute Gasteiger partial charge is 0.459 e. The molecule has 0 aromatic heterocycles. The summed E-state index contributed by atoms with van der Waals surface area (Å²) in [5, 5.41) is 13.2. The van der Waals surface area contributed by atoms with Gasteiger partial charge >= 0.3 is 17.9 Å². The molecule has 0 spiro atoms. The van der Waals surface area contributed by atoms with Crippen LogP contribution in [-0.4, -0.2) is 161 Å². The summed E-state index contributed by atoms with van der Waals surface area (Å²) in [6.45, 7) is 15.4. The zero-order chi connectivity index (χ0) is 57.5. The second-order valence-electron chi connectivity index (χ2n) is 22.3. The lowest BCUT2D eigenvalue weighted by Crippen LogP contribution is -2.63. The Hall–Kier alpha value is -4.67. The van der Waals surface area contributed by atoms with E-state index in [1.54, 1.807) is 133 Å². The van der Waals surface area contributed by atoms with Crippen molar-refractivity contribution >= 4 is 33.8 Å². The zero-order valence-electron chi connectivity index (χ0n) is 47.7. The lowest BCUT2D eigenvalue weighted by atomic mass is 9.72. The van der Waals surface area contributed by atoms with Crippen LogP contribution in [0, 0.1) is 23.7 Å². The van der Waals surface area contributed by atoms with Crippen molar-refractivity contribution in [1.82, 2.24) is 4.90 Å². The fourth-order valence-electron chi connectivity index (χ4n) is 11.8. The number of ketones is 1. The first-order chi connectivity index (χ1) is 36.7. The molecule has 3 saturated heterocycles. The Kier molecular flexibility index (Phi) is 21.1. The number of Topliss-reactive ketones (excluding diaryl/α,β-unsaturated/α-hetero) is 1. The van der Waals surface area contributed by atoms with Crippen molar-refractivity contribution in [2.45, 2.75) is 179 Å². The molecular formula is C59H83NO17S. The Balaban J connectivity index is 1.51. The van der Waals surface area contributed by atoms with Gasteiger partial charge in [-0.25, -0.2) is 9.59 Å². The molecule has 2 unspecified atom stereocenters. The van der Waals surface area contributed by atoms with Gasteiger partial charge in [0.25, 0.3) is 10.1 Å². The average molecular weight is 1110 g/mol. The van der Waals surface area contributed by atoms with Crippen LogP contribution in [0.5, 0.6) is 0 Å². The van der Waals surface area contributed by atoms with Crippen molar-refractivity contribution in [3.8, 4) is 0 Å². The number of carbonyl (C=O) groups excluding carboxylic acids is 4. The minimum Gasteiger partial charge on any atom is -0.459 e. The van der Waals surface area contributed by atoms with E-state index in [4.69, 9.17) is 46.8 Å². The standard InChI is InChI=1S/C59H83NO17S/c1-15-45-59(65,33-41-25-19-16-20-26-41)51(77-78(14,66)67)37(4)47(61)35(2)32-57(8,68-12)50(76-56-49(44(60(10)11)31-36(3)70-56)74-54(63)42-27-21-17-22-28-42)38(5)48(39(6)53(62)72-45)73-46-34-58(9,69-13)52(40(7)71-46)75-55(64)43-29-23-18-24-30-43/h16-30,35-40,44-46,48-52,56,65H,15,31-34H2,1-14H3/t35-,36-,37+,38+,39-,40+,44+,45-,46?,48+,49-,50-,51-,52+,56?,57+,58-,59-/m1/s1. The molecule has 78 heavy (non-hydrogen) atoms. The summed E-state index contributed by atoms with van der Waals surface area (Å²) in [5.74, 6) is -6.94. The molecule has 3 aromatic rings. The van der Waals surface area contributed by atoms with Crippen LogP contribution in [0.1, 0.15) is 114 Å². The third kappa shape index (κ3) is 14.6. The van der Waals surface area contributed by atoms with Crippen LogP contribution in [0.4, 0.5) is 0 Å². The van der Waals surface area contributed by atoms with E-state index in [0.29, 0.717) is 23.1 Å². The van der Waals surface area contributed by atoms with E-state index >= 15 is 9.59 Å². The van der Waals surface area contributed by atoms with E-state index in [0.717, 1.165) is 6.26 Å². The number of rotatable bonds is 16. The molecule has 3 aromatic carbocycles. The molecule has 19 heteroatoms. The van der Waals surface area contributed by atoms with Crippen molar-refractivity contribution < 1.29 is 79.5 Å². The summed E-state index contributed by atoms with van der Waals surface area (Å²) in [5.41, 5.74) is -3.81. The Morgan fingerprint density at radius 1 is 0.718 bits per heavy atom. The van der Waals surface area contributed by atoms with Gasteiger partial charge in [0.05, 0.1) is 59.4 Å². The molecular weight excluding hydrogens is 1030 g/mol. The molecule has 3 fully saturated rings. The van der Waals surface area contributed by atoms with Crippen LogP contribution in [0.15, 0.2) is 91.0 Å². The van der Waals surface area contributed by atoms with E-state index in [9.17, 15) is 23.1 Å². The van der Waals surface area contributed by atoms with Crippen molar-refractivity contribution in [2.75, 3.05) is 34.6 Å². The van der Waals surface area contributed by atoms with Gasteiger partial charge in [0, 0.05) is 44.8 Å². The summed E-state index contributed by atoms with van der Waals surface area (Å²) in [4.78, 5) is 59.9. The molecule has 0 bridgehead atoms. The quantitative estimate of drug-likeness (QED) is 0.0841. The van der Waals surface area contributed by atoms with Crippen molar-refractivity contribution in [3.63, 3.8) is 0 Å². The summed E-state index contributed by atoms with van der Waals surface area (Å²) < 4.78 is 91.6. The lowest BCUT2D eigenvalue weighted by Gasteiger charge is -2.50. The third-order valence-electron chi connectivity index (χ3n) is 16.1. The Morgan fingerprint density at radius 2 is 1.26 bits per heavy atom. The minimum atomic E-state index is -4.39. The molecule has 3 heterocycles. The summed E-state index contributed by atoms with van der Waals surface area (Å²) in [6, 6.07) is 25.4. The second kappa shape index (κ2) is 26.3. The predicted molar refractivity (Wildman–Crippen MR) is 289 cm³/mol. The zero-order valence-corrected chi connectivity index (χ0v) is 48.5. The summed E-state index contributed by atoms with van der Waals surface area (Å²) in [7, 11) is 2.31. The maximum atomic E-state index is 15.3. The Labute approximate surface area is 461 Å². The van der Waals surface area contributed by atoms with E-state index in [-0.39, 0.29) is 25.7 Å². The van der Waals surface area contributed by atoms with Crippen LogP contribution in [0.2, 0.25) is 0 Å². The molecule has 18 nitrogen and oxygen atoms in total. The SMILES string of the molecule is CC[C@H]1OC(=O)[C@H](C)[C@@H](OC2C[C@@](C)(OC)[C@@H](OC(=O)c3ccccc3)[C@H](C)O2)[C@H](C)[C@@H](OC2O[C@H](C)C[C@H](N(C)C)[C@H]2OC(=O)c2ccccc2)[C@@](C)(OC)C[C@@H](C)C(=O)[C@H](C)[C@@H](OS(C)(=O)=O)[C@@]1(O)Cc1ccccc1. The monoisotopic (exact) mass is 1110 g/mol. The number of methoxy groups -OCH3 is 2. The highest BCUT2D eigenvalue weighted by molar-refractivity contribution is 7.86. The van der Waals surface area contributed by atoms with E-state index in [2.05, 4.69) is 0 Å². The van der Waals surface area contributed by atoms with Gasteiger partial charge in [-0.3, -0.25) is 13.8 Å². The van der Waals surface area contributed by atoms with Crippen LogP contribution < -0.4 is 0 Å². The van der Waals surface area contributed by atoms with Gasteiger partial charge in [-0.2, -0.15) is 8.42 Å². The number of cyclic esters (lactones) is 1. The number of likely N-dealkylation sites (N-methyl/N-ethyl adjacent to an activating group) is 1. The summed E-state index contributed by atoms with van der Waals surface area (Å²) >= 11 is 0. The average Bonchev–Trinajstić information content (AvgIpc) is 3.43. The highest BCUT2D eigenvalue weighted by Gasteiger charge is 2.57. The molecule has 0 radical (unpaired) electrons. The first kappa shape index (κ1) is 62.5. The summed E-state index contributed by atoms with van der Waals surface area (Å²) in [6.07, 6.45) is -10.3. The Morgan fingerprint density at radius 3 is 1.78 bits per heavy atom. The van der Waals surface area contributed by atoms with Gasteiger partial charge in [-0.05, 0) is 97.8 Å². The van der Waals surface area contributed by atoms with Crippen LogP contribution in [0.25, 0.3) is 0 Å². The Bertz CT molecular complexity index is 2570. The molecule has 0 aliphatic carbocycles. The van der Waals surface area contributed by atoms with Crippen molar-refractivity contribution in [3.05, 3.63) is 108 Å². The van der Waals surface area contributed by atoms with Gasteiger partial charge < -0.3 is 52.6 Å². The number of carbonyl (C=O) groups is 4. The van der Waals surface area contributed by atoms with Gasteiger partial charge in [-0.15, -0.1) is 0 Å². The fraction of sp³-hybridized carbons (Fsp3) is 0.627. The van der Waals surface area contributed by atoms with Gasteiger partial charge in [-0.1, -0.05) is 94.4 Å². The fourth-order valence-corrected chi connectivity index (χ4v) is 12.5. The van der Waals surface area contributed by atoms with E-state index < -0.39 is 142 Å². The number of aliphatic hydroxyl groups is 1. The smallest absolute Gasteiger partial charge is 0.338 e. The lowest BCUT2D eigenvalue weighted by molar-refractivity contribution is -0.318. The molecule has 432 valence electrons. The van der Waals surface area contributed by atoms with Crippen LogP contribution in [-0.2, 0) is 72.9 Å². The van der Waals surface area contributed by atoms with Crippen LogP contribution >= 0.6 is 0 Å². The van der Waals surface area contributed by atoms with Gasteiger partial charge in [0.1, 0.15) is 29.2 Å². The van der Waals surface area contributed by atoms with E-state index in [1.807, 2.05) is 32.8 Å². The first-order valence-electron chi connectivity index (χ1n) is 27.0. The minimum absolute atomic E-state index is 0.00768. The van der Waals surface area contributed by atoms with Crippen LogP contribution in [0.3, 0.4) is 0 Å². The molecule has 1 N–H and O–H groups in total. The highest BCUT2D eigenvalue weighted by atomic mass is 32.2. The van der Waals surface area contributed by atoms with Gasteiger partial charge in [0.15, 0.2) is 24.8 Å². The maximum Gasteiger partial charge on any atom is 0.338 e. The molecule has 6 rings (SSSR count). The molecule has 0 saturated carbocycles. The third-order valence-corrected chi connectivity index (χ3v) is 16.6. The van der Waals surface area contributed by atoms with Crippen molar-refractivity contribution in [2.24, 2.45) is 23.7 Å². The van der Waals surface area contributed by atoms with Crippen molar-refractivity contribution in [1.29, 1.82) is 0 Å². The second-order valence-corrected chi connectivity index (χ2v) is 23.9. The number of benzene rings is 3. The normalized spacial score (nSPS) is 36.5. The number of nitrogens with zero attached hydrogens (tertiary/aromatic N) is 1. The number of hydrogen-bond donors (Lipinski definition) is 1. The maximum absolute atomic E-state index is 15.3. The highest BCUT2D eigenvalue weighted by Crippen LogP contribution is 2.44. The van der Waals surface area contributed by atoms with Gasteiger partial charge in [0.2, 0.25) is 0 Å². The molecule has 18 atom stereocenters. The first-order valence-corrected chi connectivity index (χ1v) is 28.8. The molecule has 3 aliphatic heterocycles. The predicted octanol–water partition coefficient (Wildman–Crippen LogP) is 7.38. The number of hydrogen-bond acceptors (Lipinski definition) is 18.